The van der Waals surface area contributed by atoms with Crippen LogP contribution in [0.15, 0.2) is 41.4 Å². The minimum atomic E-state index is -2.97. The highest BCUT2D eigenvalue weighted by atomic mass is 35.5. The number of amides is 1. The zero-order chi connectivity index (χ0) is 25.2. The van der Waals surface area contributed by atoms with E-state index in [1.807, 2.05) is 0 Å². The fourth-order valence-electron chi connectivity index (χ4n) is 3.04. The van der Waals surface area contributed by atoms with Crippen molar-refractivity contribution in [1.82, 2.24) is 9.78 Å². The Morgan fingerprint density at radius 2 is 1.94 bits per heavy atom. The lowest BCUT2D eigenvalue weighted by Crippen LogP contribution is -2.32. The smallest absolute Gasteiger partial charge is 0.321 e. The maximum absolute atomic E-state index is 13.3. The molecule has 1 aromatic heterocycles. The number of alkyl halides is 2. The van der Waals surface area contributed by atoms with E-state index in [4.69, 9.17) is 34.0 Å². The summed E-state index contributed by atoms with van der Waals surface area (Å²) in [5.74, 6) is -2.40. The summed E-state index contributed by atoms with van der Waals surface area (Å²) >= 11 is 13.1. The minimum Gasteiger partial charge on any atom is -0.507 e. The van der Waals surface area contributed by atoms with Crippen molar-refractivity contribution in [3.8, 4) is 16.9 Å². The second kappa shape index (κ2) is 10.6. The summed E-state index contributed by atoms with van der Waals surface area (Å²) in [5.41, 5.74) is 5.44. The molecule has 3 aromatic rings. The van der Waals surface area contributed by atoms with Crippen molar-refractivity contribution in [2.45, 2.75) is 17.4 Å². The van der Waals surface area contributed by atoms with Crippen molar-refractivity contribution in [2.75, 3.05) is 11.1 Å². The van der Waals surface area contributed by atoms with Crippen molar-refractivity contribution in [2.24, 2.45) is 12.8 Å². The summed E-state index contributed by atoms with van der Waals surface area (Å²) in [4.78, 5) is 24.2. The predicted molar refractivity (Wildman–Crippen MR) is 126 cm³/mol. The van der Waals surface area contributed by atoms with Crippen LogP contribution in [0, 0.1) is 0 Å². The van der Waals surface area contributed by atoms with Gasteiger partial charge in [0.25, 0.3) is 12.3 Å². The maximum atomic E-state index is 13.3. The Kier molecular flexibility index (Phi) is 8.03. The van der Waals surface area contributed by atoms with E-state index in [2.05, 4.69) is 10.4 Å². The molecule has 180 valence electrons. The van der Waals surface area contributed by atoms with Gasteiger partial charge in [-0.15, -0.1) is 11.8 Å². The number of phenolic OH excluding ortho intramolecular Hbond substituents is 1. The molecule has 0 radical (unpaired) electrons. The standard InChI is InChI=1S/C21H18Cl2F2N4O4S/c1-29-7-10(17(28-29)19(24)25)20(31)27-14-4-5-15(30)18(34-8-13(26)21(32)33)16(14)9-2-3-11(22)12(23)6-9/h2-7,13,19,30H,8,26H2,1H3,(H,27,31)(H,32,33). The number of hydrogen-bond donors (Lipinski definition) is 4. The number of aromatic hydroxyl groups is 1. The molecule has 0 saturated carbocycles. The Bertz CT molecular complexity index is 1260. The molecule has 0 saturated heterocycles. The first-order chi connectivity index (χ1) is 16.0. The lowest BCUT2D eigenvalue weighted by molar-refractivity contribution is -0.137. The van der Waals surface area contributed by atoms with Gasteiger partial charge in [-0.25, -0.2) is 8.78 Å². The van der Waals surface area contributed by atoms with Crippen LogP contribution in [0.5, 0.6) is 5.75 Å². The van der Waals surface area contributed by atoms with E-state index < -0.39 is 30.0 Å². The maximum Gasteiger partial charge on any atom is 0.321 e. The summed E-state index contributed by atoms with van der Waals surface area (Å²) in [5, 5.41) is 26.3. The molecule has 0 aliphatic heterocycles. The number of carboxylic acid groups (broad SMARTS) is 1. The Morgan fingerprint density at radius 1 is 1.24 bits per heavy atom. The number of nitrogens with one attached hydrogen (secondary N) is 1. The van der Waals surface area contributed by atoms with Gasteiger partial charge in [0.05, 0.1) is 26.2 Å². The van der Waals surface area contributed by atoms with Gasteiger partial charge in [-0.2, -0.15) is 5.10 Å². The third-order valence-corrected chi connectivity index (χ3v) is 6.59. The molecule has 2 aromatic carbocycles. The molecule has 5 N–H and O–H groups in total. The number of carbonyl (C=O) groups excluding carboxylic acids is 1. The lowest BCUT2D eigenvalue weighted by atomic mass is 10.0. The fraction of sp³-hybridized carbons (Fsp3) is 0.190. The van der Waals surface area contributed by atoms with Crippen LogP contribution in [0.25, 0.3) is 11.1 Å². The van der Waals surface area contributed by atoms with E-state index >= 15 is 0 Å². The summed E-state index contributed by atoms with van der Waals surface area (Å²) in [6.07, 6.45) is -1.81. The van der Waals surface area contributed by atoms with Gasteiger partial charge in [0, 0.05) is 24.6 Å². The van der Waals surface area contributed by atoms with Gasteiger partial charge in [-0.1, -0.05) is 29.3 Å². The number of anilines is 1. The van der Waals surface area contributed by atoms with Crippen molar-refractivity contribution in [3.05, 3.63) is 57.8 Å². The SMILES string of the molecule is Cn1cc(C(=O)Nc2ccc(O)c(SCC(N)C(=O)O)c2-c2ccc(Cl)c(Cl)c2)c(C(F)F)n1. The van der Waals surface area contributed by atoms with Gasteiger partial charge >= 0.3 is 5.97 Å². The first-order valence-corrected chi connectivity index (χ1v) is 11.3. The van der Waals surface area contributed by atoms with Crippen LogP contribution in [0.3, 0.4) is 0 Å². The van der Waals surface area contributed by atoms with Crippen molar-refractivity contribution in [1.29, 1.82) is 0 Å². The van der Waals surface area contributed by atoms with Crippen LogP contribution >= 0.6 is 35.0 Å². The van der Waals surface area contributed by atoms with Gasteiger partial charge in [0.15, 0.2) is 0 Å². The predicted octanol–water partition coefficient (Wildman–Crippen LogP) is 4.79. The highest BCUT2D eigenvalue weighted by molar-refractivity contribution is 7.99. The number of aromatic nitrogens is 2. The van der Waals surface area contributed by atoms with Crippen LogP contribution in [-0.2, 0) is 11.8 Å². The summed E-state index contributed by atoms with van der Waals surface area (Å²) in [7, 11) is 1.41. The van der Waals surface area contributed by atoms with Crippen LogP contribution in [-0.4, -0.2) is 43.7 Å². The number of rotatable bonds is 8. The molecule has 8 nitrogen and oxygen atoms in total. The summed E-state index contributed by atoms with van der Waals surface area (Å²) in [6, 6.07) is 6.00. The molecule has 13 heteroatoms. The third-order valence-electron chi connectivity index (χ3n) is 4.63. The first kappa shape index (κ1) is 25.8. The number of benzene rings is 2. The number of aryl methyl sites for hydroxylation is 1. The van der Waals surface area contributed by atoms with Crippen LogP contribution < -0.4 is 11.1 Å². The van der Waals surface area contributed by atoms with Crippen LogP contribution in [0.1, 0.15) is 22.5 Å². The molecule has 0 aliphatic rings. The molecule has 34 heavy (non-hydrogen) atoms. The lowest BCUT2D eigenvalue weighted by Gasteiger charge is -2.18. The number of nitrogens with zero attached hydrogens (tertiary/aromatic N) is 2. The topological polar surface area (TPSA) is 130 Å². The Labute approximate surface area is 206 Å². The molecule has 0 spiro atoms. The van der Waals surface area contributed by atoms with Crippen molar-refractivity contribution < 1.29 is 28.6 Å². The average molecular weight is 531 g/mol. The van der Waals surface area contributed by atoms with Crippen molar-refractivity contribution in [3.63, 3.8) is 0 Å². The molecular formula is C21H18Cl2F2N4O4S. The van der Waals surface area contributed by atoms with E-state index in [1.54, 1.807) is 6.07 Å². The number of thioether (sulfide) groups is 1. The van der Waals surface area contributed by atoms with Gasteiger partial charge < -0.3 is 21.3 Å². The number of carboxylic acids is 1. The number of hydrogen-bond acceptors (Lipinski definition) is 6. The molecule has 1 heterocycles. The van der Waals surface area contributed by atoms with E-state index in [0.717, 1.165) is 22.6 Å². The molecular weight excluding hydrogens is 513 g/mol. The molecule has 3 rings (SSSR count). The molecule has 0 aliphatic carbocycles. The normalized spacial score (nSPS) is 12.1. The zero-order valence-corrected chi connectivity index (χ0v) is 19.8. The molecule has 1 unspecified atom stereocenters. The van der Waals surface area contributed by atoms with E-state index in [0.29, 0.717) is 5.56 Å². The number of phenols is 1. The largest absolute Gasteiger partial charge is 0.507 e. The number of halogens is 4. The van der Waals surface area contributed by atoms with E-state index in [1.165, 1.54) is 31.3 Å². The highest BCUT2D eigenvalue weighted by Crippen LogP contribution is 2.44. The summed E-state index contributed by atoms with van der Waals surface area (Å²) < 4.78 is 27.8. The second-order valence-corrected chi connectivity index (χ2v) is 8.92. The minimum absolute atomic E-state index is 0.104. The Hall–Kier alpha value is -2.86. The molecule has 1 amide bonds. The fourth-order valence-corrected chi connectivity index (χ4v) is 4.41. The van der Waals surface area contributed by atoms with E-state index in [-0.39, 0.29) is 43.3 Å². The van der Waals surface area contributed by atoms with E-state index in [9.17, 15) is 23.5 Å². The third kappa shape index (κ3) is 5.61. The quantitative estimate of drug-likeness (QED) is 0.243. The van der Waals surface area contributed by atoms with Gasteiger partial charge in [0.1, 0.15) is 17.5 Å². The highest BCUT2D eigenvalue weighted by Gasteiger charge is 2.25. The Morgan fingerprint density at radius 3 is 2.56 bits per heavy atom. The number of carbonyl (C=O) groups is 2. The molecule has 0 bridgehead atoms. The molecule has 0 fully saturated rings. The van der Waals surface area contributed by atoms with Crippen molar-refractivity contribution >= 4 is 52.5 Å². The Balaban J connectivity index is 2.11. The van der Waals surface area contributed by atoms with Gasteiger partial charge in [0.2, 0.25) is 0 Å². The number of nitrogens with two attached hydrogens (primary N) is 1. The average Bonchev–Trinajstić information content (AvgIpc) is 3.17. The van der Waals surface area contributed by atoms with Gasteiger partial charge in [-0.3, -0.25) is 14.3 Å². The monoisotopic (exact) mass is 530 g/mol. The van der Waals surface area contributed by atoms with Crippen LogP contribution in [0.2, 0.25) is 10.0 Å². The summed E-state index contributed by atoms with van der Waals surface area (Å²) in [6.45, 7) is 0. The molecule has 1 atom stereocenters. The zero-order valence-electron chi connectivity index (χ0n) is 17.4. The second-order valence-electron chi connectivity index (χ2n) is 7.08. The number of aliphatic carboxylic acids is 1. The first-order valence-electron chi connectivity index (χ1n) is 9.55. The van der Waals surface area contributed by atoms with Gasteiger partial charge in [-0.05, 0) is 29.8 Å². The van der Waals surface area contributed by atoms with Crippen LogP contribution in [0.4, 0.5) is 14.5 Å².